The highest BCUT2D eigenvalue weighted by Crippen LogP contribution is 2.72. The standard InChI is InChI=1S/C30H32BrCl2NO9/c1-15-11-20-18-8-10-29(39,28(18,3)13-22(32)30(20,33)27(2)9-7-16(35)12-19(15)27)23(36)14-42-26(38)43-25(37)17-5-4-6-21(31)24(17)34(40)41/h4-7,9,12,15,18,20,22,25,37,39H,8,10-11,13-14H2,1-3H3/t15-,18-,20-,22-,25?,27-,28-,29-,30-/m0/s1. The zero-order valence-electron chi connectivity index (χ0n) is 23.7. The third-order valence-electron chi connectivity index (χ3n) is 10.5. The number of nitro benzene ring substituents is 1. The molecule has 10 nitrogen and oxygen atoms in total. The average molecular weight is 701 g/mol. The van der Waals surface area contributed by atoms with Crippen LogP contribution in [-0.2, 0) is 19.1 Å². The molecule has 1 aromatic carbocycles. The summed E-state index contributed by atoms with van der Waals surface area (Å²) in [7, 11) is 0. The van der Waals surface area contributed by atoms with Crippen molar-refractivity contribution < 1.29 is 39.0 Å². The zero-order chi connectivity index (χ0) is 31.7. The number of carbonyl (C=O) groups excluding carboxylic acids is 3. The molecular weight excluding hydrogens is 669 g/mol. The van der Waals surface area contributed by atoms with Crippen LogP contribution in [0.5, 0.6) is 0 Å². The lowest BCUT2D eigenvalue weighted by Crippen LogP contribution is -2.68. The van der Waals surface area contributed by atoms with Gasteiger partial charge in [-0.05, 0) is 83.7 Å². The molecule has 1 unspecified atom stereocenters. The Hall–Kier alpha value is -2.31. The second kappa shape index (κ2) is 10.9. The zero-order valence-corrected chi connectivity index (χ0v) is 26.8. The Morgan fingerprint density at radius 1 is 1.28 bits per heavy atom. The summed E-state index contributed by atoms with van der Waals surface area (Å²) >= 11 is 17.7. The maximum Gasteiger partial charge on any atom is 0.511 e. The van der Waals surface area contributed by atoms with Crippen molar-refractivity contribution in [3.8, 4) is 0 Å². The monoisotopic (exact) mass is 699 g/mol. The quantitative estimate of drug-likeness (QED) is 0.121. The fraction of sp³-hybridized carbons (Fsp3) is 0.567. The molecule has 1 aromatic rings. The Labute approximate surface area is 266 Å². The molecule has 0 radical (unpaired) electrons. The van der Waals surface area contributed by atoms with Crippen LogP contribution in [-0.4, -0.2) is 55.3 Å². The van der Waals surface area contributed by atoms with Crippen LogP contribution in [0.25, 0.3) is 0 Å². The number of Topliss-reactive ketones (excluding diaryl/α,β-unsaturated/α-hetero) is 1. The van der Waals surface area contributed by atoms with Gasteiger partial charge in [0, 0.05) is 10.8 Å². The van der Waals surface area contributed by atoms with Crippen molar-refractivity contribution in [3.63, 3.8) is 0 Å². The Morgan fingerprint density at radius 3 is 2.65 bits per heavy atom. The summed E-state index contributed by atoms with van der Waals surface area (Å²) in [6, 6.07) is 4.02. The molecule has 13 heteroatoms. The molecule has 0 heterocycles. The van der Waals surface area contributed by atoms with E-state index in [0.717, 1.165) is 5.57 Å². The van der Waals surface area contributed by atoms with Crippen LogP contribution in [0, 0.1) is 38.7 Å². The fourth-order valence-electron chi connectivity index (χ4n) is 8.35. The van der Waals surface area contributed by atoms with Gasteiger partial charge >= 0.3 is 6.16 Å². The number of para-hydroxylation sites is 1. The van der Waals surface area contributed by atoms with Crippen LogP contribution >= 0.6 is 39.1 Å². The van der Waals surface area contributed by atoms with Crippen molar-refractivity contribution >= 4 is 62.5 Å². The first kappa shape index (κ1) is 32.1. The number of aliphatic hydroxyl groups is 2. The smallest absolute Gasteiger partial charge is 0.426 e. The van der Waals surface area contributed by atoms with E-state index in [1.54, 1.807) is 6.08 Å². The third kappa shape index (κ3) is 4.69. The van der Waals surface area contributed by atoms with Crippen molar-refractivity contribution in [1.82, 2.24) is 0 Å². The lowest BCUT2D eigenvalue weighted by atomic mass is 9.45. The topological polar surface area (TPSA) is 153 Å². The molecule has 3 saturated carbocycles. The number of rotatable bonds is 6. The van der Waals surface area contributed by atoms with E-state index >= 15 is 0 Å². The number of hydrogen-bond acceptors (Lipinski definition) is 9. The first-order valence-electron chi connectivity index (χ1n) is 14.0. The highest BCUT2D eigenvalue weighted by Gasteiger charge is 2.73. The number of ketones is 2. The number of nitrogens with zero attached hydrogens (tertiary/aromatic N) is 1. The highest BCUT2D eigenvalue weighted by molar-refractivity contribution is 9.10. The lowest BCUT2D eigenvalue weighted by Gasteiger charge is -2.65. The van der Waals surface area contributed by atoms with Gasteiger partial charge in [-0.3, -0.25) is 19.7 Å². The maximum atomic E-state index is 13.5. The first-order chi connectivity index (χ1) is 20.0. The SMILES string of the molecule is C[C@H]1C[C@H]2[C@@H]3CC[C@](O)(C(=O)COC(=O)OC(O)c4cccc(Br)c4[N+](=O)[O-])[C@@]3(C)C[C@H](Cl)[C@]2(Cl)[C@@]2(C)C=CC(=O)C=C12. The maximum absolute atomic E-state index is 13.5. The van der Waals surface area contributed by atoms with Gasteiger partial charge in [-0.25, -0.2) is 4.79 Å². The van der Waals surface area contributed by atoms with E-state index in [1.165, 1.54) is 24.3 Å². The molecule has 0 aliphatic heterocycles. The number of ether oxygens (including phenoxy) is 2. The Morgan fingerprint density at radius 2 is 1.98 bits per heavy atom. The second-order valence-corrected chi connectivity index (χ2v) is 14.5. The van der Waals surface area contributed by atoms with Gasteiger partial charge in [0.25, 0.3) is 5.69 Å². The molecule has 4 aliphatic rings. The number of carbonyl (C=O) groups is 3. The first-order valence-corrected chi connectivity index (χ1v) is 15.6. The van der Waals surface area contributed by atoms with Gasteiger partial charge in [-0.15, -0.1) is 23.2 Å². The number of aliphatic hydroxyl groups excluding tert-OH is 1. The molecular formula is C30H32BrCl2NO9. The average Bonchev–Trinajstić information content (AvgIpc) is 3.20. The van der Waals surface area contributed by atoms with Crippen molar-refractivity contribution in [2.24, 2.45) is 28.6 Å². The molecule has 0 aromatic heterocycles. The summed E-state index contributed by atoms with van der Waals surface area (Å²) in [5.74, 6) is -1.19. The number of allylic oxidation sites excluding steroid dienone is 4. The lowest BCUT2D eigenvalue weighted by molar-refractivity contribution is -0.387. The van der Waals surface area contributed by atoms with Gasteiger partial charge in [-0.1, -0.05) is 38.5 Å². The third-order valence-corrected chi connectivity index (χ3v) is 12.7. The minimum absolute atomic E-state index is 0.0250. The Bertz CT molecular complexity index is 1470. The van der Waals surface area contributed by atoms with Crippen LogP contribution in [0.3, 0.4) is 0 Å². The number of benzene rings is 1. The number of fused-ring (bicyclic) bond motifs is 5. The van der Waals surface area contributed by atoms with Gasteiger partial charge in [-0.2, -0.15) is 0 Å². The molecule has 43 heavy (non-hydrogen) atoms. The van der Waals surface area contributed by atoms with Gasteiger partial charge in [0.1, 0.15) is 5.60 Å². The minimum atomic E-state index is -2.04. The summed E-state index contributed by atoms with van der Waals surface area (Å²) < 4.78 is 9.85. The van der Waals surface area contributed by atoms with Crippen LogP contribution in [0.15, 0.2) is 46.5 Å². The van der Waals surface area contributed by atoms with Gasteiger partial charge in [0.05, 0.1) is 25.2 Å². The predicted octanol–water partition coefficient (Wildman–Crippen LogP) is 5.93. The van der Waals surface area contributed by atoms with Gasteiger partial charge in [0.2, 0.25) is 12.1 Å². The molecule has 0 saturated heterocycles. The second-order valence-electron chi connectivity index (χ2n) is 12.5. The number of nitro groups is 1. The van der Waals surface area contributed by atoms with E-state index in [9.17, 15) is 34.7 Å². The van der Waals surface area contributed by atoms with E-state index < -0.39 is 62.1 Å². The number of halogens is 3. The summed E-state index contributed by atoms with van der Waals surface area (Å²) in [5, 5.41) is 33.0. The van der Waals surface area contributed by atoms with Crippen molar-refractivity contribution in [2.45, 2.75) is 68.6 Å². The van der Waals surface area contributed by atoms with E-state index in [2.05, 4.69) is 15.9 Å². The predicted molar refractivity (Wildman–Crippen MR) is 159 cm³/mol. The van der Waals surface area contributed by atoms with Crippen LogP contribution < -0.4 is 0 Å². The molecule has 9 atom stereocenters. The summed E-state index contributed by atoms with van der Waals surface area (Å²) in [4.78, 5) is 47.9. The molecule has 3 fully saturated rings. The van der Waals surface area contributed by atoms with Crippen LogP contribution in [0.1, 0.15) is 58.3 Å². The van der Waals surface area contributed by atoms with E-state index in [0.29, 0.717) is 12.8 Å². The molecule has 4 aliphatic carbocycles. The minimum Gasteiger partial charge on any atom is -0.426 e. The van der Waals surface area contributed by atoms with Gasteiger partial charge in [0.15, 0.2) is 12.4 Å². The molecule has 0 amide bonds. The van der Waals surface area contributed by atoms with E-state index in [-0.39, 0.29) is 46.4 Å². The normalized spacial score (nSPS) is 38.7. The summed E-state index contributed by atoms with van der Waals surface area (Å²) in [6.07, 6.45) is 2.97. The Balaban J connectivity index is 1.32. The molecule has 5 rings (SSSR count). The Kier molecular flexibility index (Phi) is 8.17. The van der Waals surface area contributed by atoms with Gasteiger partial charge < -0.3 is 19.7 Å². The van der Waals surface area contributed by atoms with Crippen LogP contribution in [0.2, 0.25) is 0 Å². The summed E-state index contributed by atoms with van der Waals surface area (Å²) in [6.45, 7) is 5.02. The van der Waals surface area contributed by atoms with E-state index in [1.807, 2.05) is 26.8 Å². The van der Waals surface area contributed by atoms with Crippen molar-refractivity contribution in [3.05, 3.63) is 62.2 Å². The molecule has 232 valence electrons. The van der Waals surface area contributed by atoms with E-state index in [4.69, 9.17) is 32.7 Å². The highest BCUT2D eigenvalue weighted by atomic mass is 79.9. The summed E-state index contributed by atoms with van der Waals surface area (Å²) in [5.41, 5.74) is -3.42. The molecule has 0 spiro atoms. The molecule has 2 N–H and O–H groups in total. The number of hydrogen-bond donors (Lipinski definition) is 2. The fourth-order valence-corrected chi connectivity index (χ4v) is 10.1. The van der Waals surface area contributed by atoms with Crippen LogP contribution in [0.4, 0.5) is 10.5 Å². The van der Waals surface area contributed by atoms with Crippen molar-refractivity contribution in [2.75, 3.05) is 6.61 Å². The molecule has 0 bridgehead atoms. The largest absolute Gasteiger partial charge is 0.511 e. The van der Waals surface area contributed by atoms with Crippen molar-refractivity contribution in [1.29, 1.82) is 0 Å². The number of alkyl halides is 2.